The van der Waals surface area contributed by atoms with Crippen LogP contribution in [0.25, 0.3) is 0 Å². The van der Waals surface area contributed by atoms with Gasteiger partial charge in [-0.2, -0.15) is 0 Å². The molecule has 3 saturated heterocycles. The number of aromatic amines is 1. The summed E-state index contributed by atoms with van der Waals surface area (Å²) in [6.07, 6.45) is 2.35. The number of Topliss-reactive ketones (excluding diaryl/α,β-unsaturated/α-hetero) is 1. The number of H-pyrrole nitrogens is 1. The first kappa shape index (κ1) is 14.3. The zero-order valence-corrected chi connectivity index (χ0v) is 13.0. The van der Waals surface area contributed by atoms with E-state index >= 15 is 0 Å². The highest BCUT2D eigenvalue weighted by Crippen LogP contribution is 2.28. The summed E-state index contributed by atoms with van der Waals surface area (Å²) in [4.78, 5) is 29.6. The largest absolute Gasteiger partial charge is 0.355 e. The lowest BCUT2D eigenvalue weighted by molar-refractivity contribution is 0.0620. The van der Waals surface area contributed by atoms with Crippen LogP contribution in [0.5, 0.6) is 0 Å². The van der Waals surface area contributed by atoms with Gasteiger partial charge < -0.3 is 15.2 Å². The van der Waals surface area contributed by atoms with Gasteiger partial charge in [0.05, 0.1) is 11.3 Å². The molecule has 4 heterocycles. The SMILES string of the molecule is CC(=O)c1[nH]c(C)c(C(=O)N[C@H]2CN3CCC2CC3)c1C. The summed E-state index contributed by atoms with van der Waals surface area (Å²) in [6.45, 7) is 8.49. The van der Waals surface area contributed by atoms with E-state index in [1.807, 2.05) is 13.8 Å². The van der Waals surface area contributed by atoms with Crippen LogP contribution >= 0.6 is 0 Å². The molecule has 3 aliphatic rings. The van der Waals surface area contributed by atoms with Crippen molar-refractivity contribution in [2.45, 2.75) is 39.7 Å². The van der Waals surface area contributed by atoms with Crippen LogP contribution in [0, 0.1) is 19.8 Å². The molecule has 4 rings (SSSR count). The fourth-order valence-electron chi connectivity index (χ4n) is 3.81. The van der Waals surface area contributed by atoms with Gasteiger partial charge in [0.1, 0.15) is 0 Å². The number of ketones is 1. The van der Waals surface area contributed by atoms with Crippen molar-refractivity contribution in [2.75, 3.05) is 19.6 Å². The molecule has 3 aliphatic heterocycles. The summed E-state index contributed by atoms with van der Waals surface area (Å²) in [5, 5.41) is 3.19. The van der Waals surface area contributed by atoms with Crippen LogP contribution < -0.4 is 5.32 Å². The molecule has 5 heteroatoms. The van der Waals surface area contributed by atoms with Gasteiger partial charge in [0.2, 0.25) is 0 Å². The van der Waals surface area contributed by atoms with E-state index in [9.17, 15) is 9.59 Å². The number of nitrogens with one attached hydrogen (secondary N) is 2. The van der Waals surface area contributed by atoms with E-state index in [-0.39, 0.29) is 17.7 Å². The van der Waals surface area contributed by atoms with Gasteiger partial charge in [-0.15, -0.1) is 0 Å². The number of rotatable bonds is 3. The fourth-order valence-corrected chi connectivity index (χ4v) is 3.81. The molecule has 3 fully saturated rings. The molecular formula is C16H23N3O2. The number of amides is 1. The van der Waals surface area contributed by atoms with Crippen molar-refractivity contribution in [1.29, 1.82) is 0 Å². The van der Waals surface area contributed by atoms with Crippen molar-refractivity contribution in [2.24, 2.45) is 5.92 Å². The predicted molar refractivity (Wildman–Crippen MR) is 80.7 cm³/mol. The molecule has 0 aliphatic carbocycles. The lowest BCUT2D eigenvalue weighted by Gasteiger charge is -2.44. The Morgan fingerprint density at radius 3 is 2.38 bits per heavy atom. The van der Waals surface area contributed by atoms with Crippen molar-refractivity contribution in [3.8, 4) is 0 Å². The Kier molecular flexibility index (Phi) is 3.61. The highest BCUT2D eigenvalue weighted by molar-refractivity contribution is 6.02. The molecule has 0 aromatic carbocycles. The molecule has 1 aromatic heterocycles. The van der Waals surface area contributed by atoms with Crippen LogP contribution in [0.3, 0.4) is 0 Å². The number of fused-ring (bicyclic) bond motifs is 3. The van der Waals surface area contributed by atoms with Crippen molar-refractivity contribution in [3.05, 3.63) is 22.5 Å². The smallest absolute Gasteiger partial charge is 0.253 e. The van der Waals surface area contributed by atoms with Crippen molar-refractivity contribution in [1.82, 2.24) is 15.2 Å². The first-order valence-electron chi connectivity index (χ1n) is 7.70. The predicted octanol–water partition coefficient (Wildman–Crippen LogP) is 1.66. The van der Waals surface area contributed by atoms with Crippen LogP contribution in [0.15, 0.2) is 0 Å². The number of carbonyl (C=O) groups is 2. The highest BCUT2D eigenvalue weighted by atomic mass is 16.2. The van der Waals surface area contributed by atoms with Gasteiger partial charge in [0.15, 0.2) is 5.78 Å². The van der Waals surface area contributed by atoms with Gasteiger partial charge in [-0.05, 0) is 51.3 Å². The Balaban J connectivity index is 1.78. The second-order valence-corrected chi connectivity index (χ2v) is 6.40. The lowest BCUT2D eigenvalue weighted by Crippen LogP contribution is -2.57. The molecule has 5 nitrogen and oxygen atoms in total. The first-order chi connectivity index (χ1) is 9.97. The van der Waals surface area contributed by atoms with Crippen molar-refractivity contribution in [3.63, 3.8) is 0 Å². The fraction of sp³-hybridized carbons (Fsp3) is 0.625. The number of nitrogens with zero attached hydrogens (tertiary/aromatic N) is 1. The molecule has 0 spiro atoms. The maximum atomic E-state index is 12.6. The second kappa shape index (κ2) is 5.30. The van der Waals surface area contributed by atoms with E-state index in [0.29, 0.717) is 17.2 Å². The molecule has 21 heavy (non-hydrogen) atoms. The van der Waals surface area contributed by atoms with Gasteiger partial charge in [0.25, 0.3) is 5.91 Å². The van der Waals surface area contributed by atoms with Crippen LogP contribution in [0.1, 0.15) is 51.9 Å². The van der Waals surface area contributed by atoms with E-state index < -0.39 is 0 Å². The highest BCUT2D eigenvalue weighted by Gasteiger charge is 2.35. The van der Waals surface area contributed by atoms with Gasteiger partial charge in [-0.1, -0.05) is 0 Å². The molecule has 1 atom stereocenters. The van der Waals surface area contributed by atoms with Crippen LogP contribution in [0.2, 0.25) is 0 Å². The minimum Gasteiger partial charge on any atom is -0.355 e. The average Bonchev–Trinajstić information content (AvgIpc) is 2.75. The average molecular weight is 289 g/mol. The van der Waals surface area contributed by atoms with E-state index in [4.69, 9.17) is 0 Å². The number of hydrogen-bond donors (Lipinski definition) is 2. The van der Waals surface area contributed by atoms with Crippen LogP contribution in [0.4, 0.5) is 0 Å². The summed E-state index contributed by atoms with van der Waals surface area (Å²) in [5.74, 6) is 0.524. The minimum atomic E-state index is -0.0486. The Bertz CT molecular complexity index is 583. The van der Waals surface area contributed by atoms with Crippen molar-refractivity contribution >= 4 is 11.7 Å². The molecule has 1 amide bonds. The Labute approximate surface area is 125 Å². The maximum Gasteiger partial charge on any atom is 0.253 e. The molecule has 114 valence electrons. The van der Waals surface area contributed by atoms with E-state index in [1.165, 1.54) is 19.8 Å². The van der Waals surface area contributed by atoms with E-state index in [1.54, 1.807) is 0 Å². The summed E-state index contributed by atoms with van der Waals surface area (Å²) in [6, 6.07) is 0.245. The van der Waals surface area contributed by atoms with Crippen molar-refractivity contribution < 1.29 is 9.59 Å². The Morgan fingerprint density at radius 2 is 1.90 bits per heavy atom. The zero-order valence-electron chi connectivity index (χ0n) is 13.0. The lowest BCUT2D eigenvalue weighted by atomic mass is 9.84. The summed E-state index contributed by atoms with van der Waals surface area (Å²) < 4.78 is 0. The number of aryl methyl sites for hydroxylation is 1. The number of piperidine rings is 3. The number of carbonyl (C=O) groups excluding carboxylic acids is 2. The first-order valence-corrected chi connectivity index (χ1v) is 7.70. The number of hydrogen-bond acceptors (Lipinski definition) is 3. The molecule has 2 bridgehead atoms. The molecular weight excluding hydrogens is 266 g/mol. The van der Waals surface area contributed by atoms with E-state index in [0.717, 1.165) is 30.9 Å². The van der Waals surface area contributed by atoms with E-state index in [2.05, 4.69) is 15.2 Å². The molecule has 1 aromatic rings. The molecule has 0 saturated carbocycles. The summed E-state index contributed by atoms with van der Waals surface area (Å²) in [7, 11) is 0. The van der Waals surface area contributed by atoms with Crippen LogP contribution in [-0.4, -0.2) is 47.3 Å². The second-order valence-electron chi connectivity index (χ2n) is 6.40. The van der Waals surface area contributed by atoms with Gasteiger partial charge in [0, 0.05) is 25.2 Å². The Hall–Kier alpha value is -1.62. The standard InChI is InChI=1S/C16H23N3O2/c1-9-14(10(2)17-15(9)11(3)20)16(21)18-13-8-19-6-4-12(13)5-7-19/h12-13,17H,4-8H2,1-3H3,(H,18,21)/t13-/m0/s1. The zero-order chi connectivity index (χ0) is 15.1. The van der Waals surface area contributed by atoms with Gasteiger partial charge in [-0.25, -0.2) is 0 Å². The summed E-state index contributed by atoms with van der Waals surface area (Å²) in [5.41, 5.74) is 2.72. The monoisotopic (exact) mass is 289 g/mol. The third kappa shape index (κ3) is 2.50. The third-order valence-electron chi connectivity index (χ3n) is 4.99. The summed E-state index contributed by atoms with van der Waals surface area (Å²) >= 11 is 0. The topological polar surface area (TPSA) is 65.2 Å². The number of aromatic nitrogens is 1. The minimum absolute atomic E-state index is 0.0301. The van der Waals surface area contributed by atoms with Crippen LogP contribution in [-0.2, 0) is 0 Å². The maximum absolute atomic E-state index is 12.6. The van der Waals surface area contributed by atoms with Gasteiger partial charge in [-0.3, -0.25) is 9.59 Å². The third-order valence-corrected chi connectivity index (χ3v) is 4.99. The molecule has 0 radical (unpaired) electrons. The molecule has 0 unspecified atom stereocenters. The molecule has 2 N–H and O–H groups in total. The normalized spacial score (nSPS) is 27.7. The quantitative estimate of drug-likeness (QED) is 0.832. The Morgan fingerprint density at radius 1 is 1.24 bits per heavy atom. The van der Waals surface area contributed by atoms with Gasteiger partial charge >= 0.3 is 0 Å².